The molecule has 0 radical (unpaired) electrons. The third-order valence-corrected chi connectivity index (χ3v) is 2.82. The van der Waals surface area contributed by atoms with Crippen LogP contribution in [0.4, 0.5) is 5.82 Å². The van der Waals surface area contributed by atoms with Crippen LogP contribution in [0.2, 0.25) is 0 Å². The monoisotopic (exact) mass is 244 g/mol. The lowest BCUT2D eigenvalue weighted by atomic mass is 10.1. The molecule has 0 aliphatic rings. The van der Waals surface area contributed by atoms with Crippen molar-refractivity contribution in [1.29, 1.82) is 0 Å². The second-order valence-corrected chi connectivity index (χ2v) is 3.95. The number of pyridine rings is 1. The molecule has 0 aliphatic heterocycles. The molecule has 2 rings (SSSR count). The smallest absolute Gasteiger partial charge is 0.212 e. The van der Waals surface area contributed by atoms with Crippen LogP contribution in [0.5, 0.6) is 5.88 Å². The second kappa shape index (κ2) is 5.00. The highest BCUT2D eigenvalue weighted by Gasteiger charge is 2.09. The summed E-state index contributed by atoms with van der Waals surface area (Å²) in [4.78, 5) is 12.9. The van der Waals surface area contributed by atoms with Crippen molar-refractivity contribution >= 4 is 5.82 Å². The number of nitrogen functional groups attached to an aromatic ring is 1. The Labute approximate surface area is 106 Å². The van der Waals surface area contributed by atoms with E-state index in [0.29, 0.717) is 17.5 Å². The number of ether oxygens (including phenoxy) is 1. The van der Waals surface area contributed by atoms with Crippen molar-refractivity contribution in [2.45, 2.75) is 20.3 Å². The molecule has 0 unspecified atom stereocenters. The number of methoxy groups -OCH3 is 1. The molecule has 2 N–H and O–H groups in total. The van der Waals surface area contributed by atoms with Gasteiger partial charge in [0.25, 0.3) is 0 Å². The number of rotatable bonds is 3. The molecule has 0 saturated heterocycles. The zero-order valence-electron chi connectivity index (χ0n) is 10.8. The van der Waals surface area contributed by atoms with E-state index in [-0.39, 0.29) is 0 Å². The van der Waals surface area contributed by atoms with Gasteiger partial charge in [-0.3, -0.25) is 0 Å². The van der Waals surface area contributed by atoms with Crippen molar-refractivity contribution in [3.63, 3.8) is 0 Å². The van der Waals surface area contributed by atoms with Crippen molar-refractivity contribution < 1.29 is 4.74 Å². The lowest BCUT2D eigenvalue weighted by Crippen LogP contribution is -2.04. The van der Waals surface area contributed by atoms with Gasteiger partial charge in [0, 0.05) is 29.1 Å². The van der Waals surface area contributed by atoms with Gasteiger partial charge in [0.1, 0.15) is 5.82 Å². The number of nitrogens with zero attached hydrogens (tertiary/aromatic N) is 3. The third-order valence-electron chi connectivity index (χ3n) is 2.82. The summed E-state index contributed by atoms with van der Waals surface area (Å²) in [5, 5.41) is 0. The predicted octanol–water partition coefficient (Wildman–Crippen LogP) is 2.00. The first kappa shape index (κ1) is 12.3. The van der Waals surface area contributed by atoms with Crippen molar-refractivity contribution in [2.75, 3.05) is 12.8 Å². The Hall–Kier alpha value is -2.17. The summed E-state index contributed by atoms with van der Waals surface area (Å²) < 4.78 is 5.02. The number of hydrogen-bond acceptors (Lipinski definition) is 5. The SMILES string of the molecule is CCc1nc(-c2ccc(OC)nc2)nc(N)c1C. The quantitative estimate of drug-likeness (QED) is 0.893. The average molecular weight is 244 g/mol. The molecule has 2 aromatic heterocycles. The Balaban J connectivity index is 2.46. The highest BCUT2D eigenvalue weighted by atomic mass is 16.5. The fourth-order valence-electron chi connectivity index (χ4n) is 1.69. The topological polar surface area (TPSA) is 73.9 Å². The molecule has 0 amide bonds. The Kier molecular flexibility index (Phi) is 3.41. The highest BCUT2D eigenvalue weighted by Crippen LogP contribution is 2.21. The molecule has 94 valence electrons. The molecular formula is C13H16N4O. The normalized spacial score (nSPS) is 10.4. The molecule has 0 aromatic carbocycles. The average Bonchev–Trinajstić information content (AvgIpc) is 2.42. The van der Waals surface area contributed by atoms with Crippen molar-refractivity contribution in [3.05, 3.63) is 29.6 Å². The van der Waals surface area contributed by atoms with Gasteiger partial charge in [0.15, 0.2) is 5.82 Å². The van der Waals surface area contributed by atoms with Crippen LogP contribution in [0.1, 0.15) is 18.2 Å². The van der Waals surface area contributed by atoms with E-state index in [0.717, 1.165) is 23.2 Å². The fraction of sp³-hybridized carbons (Fsp3) is 0.308. The number of nitrogens with two attached hydrogens (primary N) is 1. The Morgan fingerprint density at radius 1 is 1.28 bits per heavy atom. The van der Waals surface area contributed by atoms with Crippen LogP contribution in [0, 0.1) is 6.92 Å². The summed E-state index contributed by atoms with van der Waals surface area (Å²) in [6.45, 7) is 3.98. The van der Waals surface area contributed by atoms with Gasteiger partial charge in [-0.2, -0.15) is 0 Å². The molecular weight excluding hydrogens is 228 g/mol. The molecule has 5 heteroatoms. The van der Waals surface area contributed by atoms with Crippen molar-refractivity contribution in [3.8, 4) is 17.3 Å². The lowest BCUT2D eigenvalue weighted by molar-refractivity contribution is 0.398. The fourth-order valence-corrected chi connectivity index (χ4v) is 1.69. The standard InChI is InChI=1S/C13H16N4O/c1-4-10-8(2)12(14)17-13(16-10)9-5-6-11(18-3)15-7-9/h5-7H,4H2,1-3H3,(H2,14,16,17). The molecule has 2 heterocycles. The first-order valence-corrected chi connectivity index (χ1v) is 5.79. The molecule has 0 saturated carbocycles. The molecule has 0 spiro atoms. The summed E-state index contributed by atoms with van der Waals surface area (Å²) in [7, 11) is 1.58. The first-order valence-electron chi connectivity index (χ1n) is 5.79. The zero-order valence-corrected chi connectivity index (χ0v) is 10.8. The van der Waals surface area contributed by atoms with E-state index in [1.54, 1.807) is 19.4 Å². The number of aryl methyl sites for hydroxylation is 1. The number of anilines is 1. The minimum atomic E-state index is 0.521. The molecule has 18 heavy (non-hydrogen) atoms. The predicted molar refractivity (Wildman–Crippen MR) is 70.3 cm³/mol. The molecule has 0 atom stereocenters. The summed E-state index contributed by atoms with van der Waals surface area (Å²) in [6.07, 6.45) is 2.51. The maximum Gasteiger partial charge on any atom is 0.212 e. The van der Waals surface area contributed by atoms with Gasteiger partial charge >= 0.3 is 0 Å². The van der Waals surface area contributed by atoms with Gasteiger partial charge < -0.3 is 10.5 Å². The first-order chi connectivity index (χ1) is 8.65. The zero-order chi connectivity index (χ0) is 13.1. The number of hydrogen-bond donors (Lipinski definition) is 1. The maximum atomic E-state index is 5.89. The highest BCUT2D eigenvalue weighted by molar-refractivity contribution is 5.58. The minimum absolute atomic E-state index is 0.521. The van der Waals surface area contributed by atoms with E-state index in [1.807, 2.05) is 19.9 Å². The summed E-state index contributed by atoms with van der Waals surface area (Å²) in [5.41, 5.74) is 8.64. The van der Waals surface area contributed by atoms with Crippen LogP contribution in [0.25, 0.3) is 11.4 Å². The van der Waals surface area contributed by atoms with E-state index >= 15 is 0 Å². The third kappa shape index (κ3) is 2.25. The van der Waals surface area contributed by atoms with E-state index in [9.17, 15) is 0 Å². The van der Waals surface area contributed by atoms with Gasteiger partial charge in [-0.15, -0.1) is 0 Å². The van der Waals surface area contributed by atoms with Crippen molar-refractivity contribution in [1.82, 2.24) is 15.0 Å². The van der Waals surface area contributed by atoms with Crippen LogP contribution in [0.15, 0.2) is 18.3 Å². The van der Waals surface area contributed by atoms with Gasteiger partial charge in [-0.05, 0) is 19.4 Å². The van der Waals surface area contributed by atoms with E-state index < -0.39 is 0 Å². The summed E-state index contributed by atoms with van der Waals surface area (Å²) in [6, 6.07) is 3.65. The van der Waals surface area contributed by atoms with Gasteiger partial charge in [0.05, 0.1) is 7.11 Å². The molecule has 5 nitrogen and oxygen atoms in total. The number of aromatic nitrogens is 3. The lowest BCUT2D eigenvalue weighted by Gasteiger charge is -2.08. The van der Waals surface area contributed by atoms with Crippen molar-refractivity contribution in [2.24, 2.45) is 0 Å². The van der Waals surface area contributed by atoms with E-state index in [2.05, 4.69) is 15.0 Å². The van der Waals surface area contributed by atoms with Crippen LogP contribution in [0.3, 0.4) is 0 Å². The van der Waals surface area contributed by atoms with Gasteiger partial charge in [-0.1, -0.05) is 6.92 Å². The summed E-state index contributed by atoms with van der Waals surface area (Å²) in [5.74, 6) is 1.69. The largest absolute Gasteiger partial charge is 0.481 e. The van der Waals surface area contributed by atoms with Gasteiger partial charge in [0.2, 0.25) is 5.88 Å². The second-order valence-electron chi connectivity index (χ2n) is 3.95. The Bertz CT molecular complexity index is 552. The minimum Gasteiger partial charge on any atom is -0.481 e. The van der Waals surface area contributed by atoms with Crippen LogP contribution in [-0.2, 0) is 6.42 Å². The van der Waals surface area contributed by atoms with Crippen LogP contribution >= 0.6 is 0 Å². The molecule has 0 fully saturated rings. The maximum absolute atomic E-state index is 5.89. The Morgan fingerprint density at radius 3 is 2.61 bits per heavy atom. The van der Waals surface area contributed by atoms with Gasteiger partial charge in [-0.25, -0.2) is 15.0 Å². The van der Waals surface area contributed by atoms with Crippen LogP contribution < -0.4 is 10.5 Å². The van der Waals surface area contributed by atoms with E-state index in [1.165, 1.54) is 0 Å². The van der Waals surface area contributed by atoms with E-state index in [4.69, 9.17) is 10.5 Å². The Morgan fingerprint density at radius 2 is 2.06 bits per heavy atom. The molecule has 0 bridgehead atoms. The summed E-state index contributed by atoms with van der Waals surface area (Å²) >= 11 is 0. The molecule has 2 aromatic rings. The molecule has 0 aliphatic carbocycles. The van der Waals surface area contributed by atoms with Crippen LogP contribution in [-0.4, -0.2) is 22.1 Å².